The van der Waals surface area contributed by atoms with Crippen LogP contribution in [0.15, 0.2) is 24.5 Å². The summed E-state index contributed by atoms with van der Waals surface area (Å²) in [6, 6.07) is 5.79. The Morgan fingerprint density at radius 2 is 2.35 bits per heavy atom. The molecule has 1 atom stereocenters. The van der Waals surface area contributed by atoms with Gasteiger partial charge in [-0.2, -0.15) is 5.10 Å². The molecule has 0 aliphatic carbocycles. The van der Waals surface area contributed by atoms with Crippen molar-refractivity contribution in [2.24, 2.45) is 0 Å². The monoisotopic (exact) mass is 233 g/mol. The van der Waals surface area contributed by atoms with E-state index in [1.54, 1.807) is 7.11 Å². The predicted octanol–water partition coefficient (Wildman–Crippen LogP) is 1.06. The summed E-state index contributed by atoms with van der Waals surface area (Å²) in [6.07, 6.45) is 1.50. The lowest BCUT2D eigenvalue weighted by Crippen LogP contribution is -2.19. The fraction of sp³-hybridized carbons (Fsp3) is 0.364. The molecule has 1 unspecified atom stereocenters. The van der Waals surface area contributed by atoms with E-state index in [1.165, 1.54) is 6.33 Å². The molecule has 2 rings (SSSR count). The summed E-state index contributed by atoms with van der Waals surface area (Å²) in [7, 11) is 1.61. The van der Waals surface area contributed by atoms with Crippen LogP contribution in [0, 0.1) is 0 Å². The molecule has 0 aliphatic heterocycles. The van der Waals surface area contributed by atoms with Crippen LogP contribution < -0.4 is 10.1 Å². The zero-order valence-corrected chi connectivity index (χ0v) is 9.84. The standard InChI is InChI=1S/C11H15N5O/c1-8(11-13-7-14-16-11)12-6-9-4-3-5-10(15-9)17-2/h3-5,7-8,12H,6H2,1-2H3,(H,13,14,16). The van der Waals surface area contributed by atoms with Crippen molar-refractivity contribution < 1.29 is 4.74 Å². The van der Waals surface area contributed by atoms with Crippen molar-refractivity contribution in [3.63, 3.8) is 0 Å². The number of ether oxygens (including phenoxy) is 1. The third kappa shape index (κ3) is 3.01. The average Bonchev–Trinajstić information content (AvgIpc) is 2.90. The minimum atomic E-state index is 0.102. The Morgan fingerprint density at radius 1 is 1.47 bits per heavy atom. The lowest BCUT2D eigenvalue weighted by Gasteiger charge is -2.10. The summed E-state index contributed by atoms with van der Waals surface area (Å²) in [5.41, 5.74) is 0.927. The number of rotatable bonds is 5. The molecule has 0 spiro atoms. The van der Waals surface area contributed by atoms with Gasteiger partial charge in [-0.1, -0.05) is 6.07 Å². The maximum absolute atomic E-state index is 5.07. The number of nitrogens with zero attached hydrogens (tertiary/aromatic N) is 3. The molecule has 0 amide bonds. The molecule has 2 aromatic rings. The molecule has 90 valence electrons. The summed E-state index contributed by atoms with van der Waals surface area (Å²) in [6.45, 7) is 2.67. The van der Waals surface area contributed by atoms with Crippen LogP contribution in [0.5, 0.6) is 5.88 Å². The third-order valence-electron chi connectivity index (χ3n) is 2.42. The highest BCUT2D eigenvalue weighted by atomic mass is 16.5. The summed E-state index contributed by atoms with van der Waals surface area (Å²) in [5, 5.41) is 9.94. The quantitative estimate of drug-likeness (QED) is 0.807. The molecule has 6 nitrogen and oxygen atoms in total. The Balaban J connectivity index is 1.93. The zero-order valence-electron chi connectivity index (χ0n) is 9.84. The second-order valence-corrected chi connectivity index (χ2v) is 3.64. The van der Waals surface area contributed by atoms with Crippen molar-refractivity contribution in [3.8, 4) is 5.88 Å². The number of hydrogen-bond donors (Lipinski definition) is 2. The van der Waals surface area contributed by atoms with Crippen molar-refractivity contribution in [3.05, 3.63) is 36.0 Å². The molecule has 0 aromatic carbocycles. The van der Waals surface area contributed by atoms with Crippen LogP contribution in [0.1, 0.15) is 24.5 Å². The molecule has 0 aliphatic rings. The first-order chi connectivity index (χ1) is 8.29. The summed E-state index contributed by atoms with van der Waals surface area (Å²) >= 11 is 0. The van der Waals surface area contributed by atoms with Gasteiger partial charge in [-0.3, -0.25) is 5.10 Å². The van der Waals surface area contributed by atoms with Crippen LogP contribution in [0.4, 0.5) is 0 Å². The Hall–Kier alpha value is -1.95. The highest BCUT2D eigenvalue weighted by Crippen LogP contribution is 2.09. The number of aromatic amines is 1. The van der Waals surface area contributed by atoms with Gasteiger partial charge in [-0.25, -0.2) is 9.97 Å². The van der Waals surface area contributed by atoms with Crippen LogP contribution in [-0.2, 0) is 6.54 Å². The number of methoxy groups -OCH3 is 1. The SMILES string of the molecule is COc1cccc(CNC(C)c2ncn[nH]2)n1. The number of nitrogens with one attached hydrogen (secondary N) is 2. The first-order valence-corrected chi connectivity index (χ1v) is 5.38. The lowest BCUT2D eigenvalue weighted by molar-refractivity contribution is 0.395. The van der Waals surface area contributed by atoms with Gasteiger partial charge in [0.05, 0.1) is 18.8 Å². The first-order valence-electron chi connectivity index (χ1n) is 5.38. The molecule has 0 radical (unpaired) electrons. The summed E-state index contributed by atoms with van der Waals surface area (Å²) < 4.78 is 5.07. The molecule has 0 saturated carbocycles. The minimum Gasteiger partial charge on any atom is -0.481 e. The van der Waals surface area contributed by atoms with Gasteiger partial charge in [0.15, 0.2) is 0 Å². The van der Waals surface area contributed by atoms with E-state index in [0.29, 0.717) is 12.4 Å². The van der Waals surface area contributed by atoms with Crippen molar-refractivity contribution >= 4 is 0 Å². The lowest BCUT2D eigenvalue weighted by atomic mass is 10.3. The van der Waals surface area contributed by atoms with E-state index in [1.807, 2.05) is 25.1 Å². The van der Waals surface area contributed by atoms with Crippen molar-refractivity contribution in [2.45, 2.75) is 19.5 Å². The van der Waals surface area contributed by atoms with E-state index < -0.39 is 0 Å². The molecule has 17 heavy (non-hydrogen) atoms. The molecule has 2 N–H and O–H groups in total. The second kappa shape index (κ2) is 5.40. The van der Waals surface area contributed by atoms with Crippen LogP contribution in [0.2, 0.25) is 0 Å². The van der Waals surface area contributed by atoms with Crippen LogP contribution in [0.25, 0.3) is 0 Å². The molecular formula is C11H15N5O. The van der Waals surface area contributed by atoms with Gasteiger partial charge in [0.25, 0.3) is 0 Å². The molecule has 0 bridgehead atoms. The van der Waals surface area contributed by atoms with Gasteiger partial charge in [-0.05, 0) is 13.0 Å². The highest BCUT2D eigenvalue weighted by molar-refractivity contribution is 5.15. The number of aromatic nitrogens is 4. The smallest absolute Gasteiger partial charge is 0.213 e. The minimum absolute atomic E-state index is 0.102. The topological polar surface area (TPSA) is 75.7 Å². The molecule has 2 heterocycles. The number of H-pyrrole nitrogens is 1. The maximum atomic E-state index is 5.07. The van der Waals surface area contributed by atoms with Crippen LogP contribution in [-0.4, -0.2) is 27.3 Å². The van der Waals surface area contributed by atoms with Crippen molar-refractivity contribution in [1.82, 2.24) is 25.5 Å². The van der Waals surface area contributed by atoms with E-state index in [4.69, 9.17) is 4.74 Å². The predicted molar refractivity (Wildman–Crippen MR) is 62.4 cm³/mol. The fourth-order valence-corrected chi connectivity index (χ4v) is 1.45. The van der Waals surface area contributed by atoms with Crippen LogP contribution in [0.3, 0.4) is 0 Å². The van der Waals surface area contributed by atoms with Gasteiger partial charge in [0, 0.05) is 12.6 Å². The number of hydrogen-bond acceptors (Lipinski definition) is 5. The van der Waals surface area contributed by atoms with Crippen LogP contribution >= 0.6 is 0 Å². The van der Waals surface area contributed by atoms with E-state index in [-0.39, 0.29) is 6.04 Å². The largest absolute Gasteiger partial charge is 0.481 e. The van der Waals surface area contributed by atoms with E-state index in [2.05, 4.69) is 25.5 Å². The zero-order chi connectivity index (χ0) is 12.1. The van der Waals surface area contributed by atoms with Gasteiger partial charge in [0.2, 0.25) is 5.88 Å². The van der Waals surface area contributed by atoms with Crippen molar-refractivity contribution in [2.75, 3.05) is 7.11 Å². The van der Waals surface area contributed by atoms with Gasteiger partial charge < -0.3 is 10.1 Å². The normalized spacial score (nSPS) is 12.4. The molecule has 0 fully saturated rings. The van der Waals surface area contributed by atoms with Gasteiger partial charge in [0.1, 0.15) is 12.2 Å². The summed E-state index contributed by atoms with van der Waals surface area (Å²) in [5.74, 6) is 1.43. The Bertz CT molecular complexity index is 457. The molecule has 2 aromatic heterocycles. The molecular weight excluding hydrogens is 218 g/mol. The highest BCUT2D eigenvalue weighted by Gasteiger charge is 2.07. The average molecular weight is 233 g/mol. The maximum Gasteiger partial charge on any atom is 0.213 e. The van der Waals surface area contributed by atoms with E-state index in [9.17, 15) is 0 Å². The summed E-state index contributed by atoms with van der Waals surface area (Å²) in [4.78, 5) is 8.40. The third-order valence-corrected chi connectivity index (χ3v) is 2.42. The van der Waals surface area contributed by atoms with Gasteiger partial charge in [-0.15, -0.1) is 0 Å². The second-order valence-electron chi connectivity index (χ2n) is 3.64. The molecule has 6 heteroatoms. The first kappa shape index (κ1) is 11.5. The van der Waals surface area contributed by atoms with E-state index >= 15 is 0 Å². The Morgan fingerprint density at radius 3 is 3.06 bits per heavy atom. The van der Waals surface area contributed by atoms with E-state index in [0.717, 1.165) is 11.5 Å². The van der Waals surface area contributed by atoms with Gasteiger partial charge >= 0.3 is 0 Å². The fourth-order valence-electron chi connectivity index (χ4n) is 1.45. The number of pyridine rings is 1. The Labute approximate surface area is 99.4 Å². The van der Waals surface area contributed by atoms with Crippen molar-refractivity contribution in [1.29, 1.82) is 0 Å². The molecule has 0 saturated heterocycles. The Kier molecular flexibility index (Phi) is 3.66.